The zero-order chi connectivity index (χ0) is 15.3. The summed E-state index contributed by atoms with van der Waals surface area (Å²) in [7, 11) is 4.11. The summed E-state index contributed by atoms with van der Waals surface area (Å²) in [4.78, 5) is 18.4. The minimum Gasteiger partial charge on any atom is -0.384 e. The van der Waals surface area contributed by atoms with Crippen molar-refractivity contribution in [2.45, 2.75) is 24.8 Å². The monoisotopic (exact) mass is 287 g/mol. The van der Waals surface area contributed by atoms with Crippen LogP contribution in [0.4, 0.5) is 0 Å². The first kappa shape index (κ1) is 15.5. The van der Waals surface area contributed by atoms with Crippen molar-refractivity contribution in [1.29, 1.82) is 0 Å². The van der Waals surface area contributed by atoms with E-state index in [0.717, 1.165) is 12.8 Å². The van der Waals surface area contributed by atoms with Gasteiger partial charge in [-0.1, -0.05) is 11.8 Å². The quantitative estimate of drug-likeness (QED) is 0.798. The summed E-state index contributed by atoms with van der Waals surface area (Å²) in [6.07, 6.45) is 6.54. The van der Waals surface area contributed by atoms with Gasteiger partial charge in [-0.3, -0.25) is 9.78 Å². The van der Waals surface area contributed by atoms with E-state index in [1.54, 1.807) is 12.3 Å². The van der Waals surface area contributed by atoms with Crippen LogP contribution in [0.1, 0.15) is 35.2 Å². The van der Waals surface area contributed by atoms with Gasteiger partial charge in [-0.15, -0.1) is 0 Å². The second-order valence-corrected chi connectivity index (χ2v) is 5.58. The molecule has 0 atom stereocenters. The lowest BCUT2D eigenvalue weighted by atomic mass is 9.75. The maximum atomic E-state index is 12.2. The molecule has 1 aliphatic carbocycles. The minimum atomic E-state index is -0.207. The first-order valence-electron chi connectivity index (χ1n) is 7.08. The van der Waals surface area contributed by atoms with Gasteiger partial charge in [0.05, 0.1) is 5.56 Å². The van der Waals surface area contributed by atoms with Crippen LogP contribution in [0.3, 0.4) is 0 Å². The van der Waals surface area contributed by atoms with Crippen molar-refractivity contribution in [1.82, 2.24) is 15.2 Å². The Morgan fingerprint density at radius 2 is 2.24 bits per heavy atom. The lowest BCUT2D eigenvalue weighted by Crippen LogP contribution is -2.57. The lowest BCUT2D eigenvalue weighted by Gasteiger charge is -2.47. The van der Waals surface area contributed by atoms with Crippen LogP contribution in [0.5, 0.6) is 0 Å². The van der Waals surface area contributed by atoms with Crippen molar-refractivity contribution in [3.05, 3.63) is 29.6 Å². The zero-order valence-corrected chi connectivity index (χ0v) is 12.5. The number of aliphatic hydroxyl groups excluding tert-OH is 1. The fraction of sp³-hybridized carbons (Fsp3) is 0.500. The number of likely N-dealkylation sites (N-methyl/N-ethyl adjacent to an activating group) is 1. The van der Waals surface area contributed by atoms with E-state index in [1.807, 2.05) is 0 Å². The van der Waals surface area contributed by atoms with Gasteiger partial charge in [0, 0.05) is 30.0 Å². The van der Waals surface area contributed by atoms with Crippen molar-refractivity contribution < 1.29 is 9.90 Å². The Morgan fingerprint density at radius 1 is 1.48 bits per heavy atom. The van der Waals surface area contributed by atoms with Gasteiger partial charge in [0.1, 0.15) is 6.61 Å². The summed E-state index contributed by atoms with van der Waals surface area (Å²) >= 11 is 0. The van der Waals surface area contributed by atoms with Crippen LogP contribution in [0.25, 0.3) is 0 Å². The van der Waals surface area contributed by atoms with Gasteiger partial charge in [-0.05, 0) is 39.4 Å². The number of carbonyl (C=O) groups is 1. The molecule has 0 unspecified atom stereocenters. The number of nitrogens with zero attached hydrogens (tertiary/aromatic N) is 2. The summed E-state index contributed by atoms with van der Waals surface area (Å²) in [5.41, 5.74) is 1.22. The summed E-state index contributed by atoms with van der Waals surface area (Å²) < 4.78 is 0. The molecule has 1 saturated carbocycles. The fourth-order valence-electron chi connectivity index (χ4n) is 2.49. The Labute approximate surface area is 125 Å². The number of nitrogens with one attached hydrogen (secondary N) is 1. The van der Waals surface area contributed by atoms with Gasteiger partial charge in [0.2, 0.25) is 0 Å². The Hall–Kier alpha value is -1.90. The molecule has 0 spiro atoms. The highest BCUT2D eigenvalue weighted by atomic mass is 16.2. The Bertz CT molecular complexity index is 568. The largest absolute Gasteiger partial charge is 0.384 e. The highest BCUT2D eigenvalue weighted by Gasteiger charge is 2.39. The van der Waals surface area contributed by atoms with Crippen LogP contribution in [-0.2, 0) is 0 Å². The second-order valence-electron chi connectivity index (χ2n) is 5.58. The average Bonchev–Trinajstić information content (AvgIpc) is 2.43. The Morgan fingerprint density at radius 3 is 2.81 bits per heavy atom. The number of rotatable bonds is 4. The number of pyridine rings is 1. The molecule has 0 saturated heterocycles. The fourth-order valence-corrected chi connectivity index (χ4v) is 2.49. The Balaban J connectivity index is 2.00. The molecule has 2 rings (SSSR count). The number of carbonyl (C=O) groups excluding carboxylic acids is 1. The van der Waals surface area contributed by atoms with Crippen molar-refractivity contribution >= 4 is 5.91 Å². The summed E-state index contributed by atoms with van der Waals surface area (Å²) in [6, 6.07) is 1.69. The number of aromatic nitrogens is 1. The standard InChI is InChI=1S/C16H21N3O2/c1-19(2)16(6-4-7-16)12-18-15(21)14-9-13(5-3-8-20)10-17-11-14/h9-11,20H,4,6-8,12H2,1-2H3,(H,18,21). The van der Waals surface area contributed by atoms with Crippen LogP contribution in [0.15, 0.2) is 18.5 Å². The van der Waals surface area contributed by atoms with E-state index in [2.05, 4.69) is 41.1 Å². The minimum absolute atomic E-state index is 0.0946. The number of amides is 1. The van der Waals surface area contributed by atoms with E-state index in [-0.39, 0.29) is 18.1 Å². The highest BCUT2D eigenvalue weighted by molar-refractivity contribution is 5.94. The molecule has 0 aromatic carbocycles. The van der Waals surface area contributed by atoms with Crippen LogP contribution in [0.2, 0.25) is 0 Å². The van der Waals surface area contributed by atoms with Crippen molar-refractivity contribution in [2.75, 3.05) is 27.2 Å². The van der Waals surface area contributed by atoms with Crippen LogP contribution in [0, 0.1) is 11.8 Å². The van der Waals surface area contributed by atoms with Crippen LogP contribution >= 0.6 is 0 Å². The third kappa shape index (κ3) is 3.60. The van der Waals surface area contributed by atoms with Gasteiger partial charge in [-0.2, -0.15) is 0 Å². The van der Waals surface area contributed by atoms with Gasteiger partial charge in [0.15, 0.2) is 0 Å². The molecule has 5 heteroatoms. The van der Waals surface area contributed by atoms with Crippen molar-refractivity contribution in [3.63, 3.8) is 0 Å². The molecule has 1 heterocycles. The molecule has 1 aromatic rings. The smallest absolute Gasteiger partial charge is 0.252 e. The lowest BCUT2D eigenvalue weighted by molar-refractivity contribution is 0.0557. The van der Waals surface area contributed by atoms with E-state index in [4.69, 9.17) is 5.11 Å². The molecule has 5 nitrogen and oxygen atoms in total. The van der Waals surface area contributed by atoms with Crippen molar-refractivity contribution in [3.8, 4) is 11.8 Å². The van der Waals surface area contributed by atoms with Crippen LogP contribution < -0.4 is 5.32 Å². The molecule has 2 N–H and O–H groups in total. The van der Waals surface area contributed by atoms with E-state index in [9.17, 15) is 4.79 Å². The van der Waals surface area contributed by atoms with Gasteiger partial charge >= 0.3 is 0 Å². The molecular weight excluding hydrogens is 266 g/mol. The molecular formula is C16H21N3O2. The summed E-state index contributed by atoms with van der Waals surface area (Å²) in [5, 5.41) is 11.7. The maximum absolute atomic E-state index is 12.2. The van der Waals surface area contributed by atoms with Gasteiger partial charge in [0.25, 0.3) is 5.91 Å². The second kappa shape index (κ2) is 6.70. The first-order chi connectivity index (χ1) is 10.1. The number of aliphatic hydroxyl groups is 1. The third-order valence-corrected chi connectivity index (χ3v) is 4.12. The zero-order valence-electron chi connectivity index (χ0n) is 12.5. The molecule has 0 aliphatic heterocycles. The topological polar surface area (TPSA) is 65.5 Å². The van der Waals surface area contributed by atoms with E-state index < -0.39 is 0 Å². The van der Waals surface area contributed by atoms with E-state index >= 15 is 0 Å². The molecule has 0 bridgehead atoms. The first-order valence-corrected chi connectivity index (χ1v) is 7.08. The average molecular weight is 287 g/mol. The highest BCUT2D eigenvalue weighted by Crippen LogP contribution is 2.35. The summed E-state index contributed by atoms with van der Waals surface area (Å²) in [5.74, 6) is 5.16. The Kier molecular flexibility index (Phi) is 4.94. The van der Waals surface area contributed by atoms with E-state index in [0.29, 0.717) is 17.7 Å². The molecule has 0 radical (unpaired) electrons. The maximum Gasteiger partial charge on any atom is 0.252 e. The number of hydrogen-bond acceptors (Lipinski definition) is 4. The molecule has 1 amide bonds. The normalized spacial score (nSPS) is 15.8. The van der Waals surface area contributed by atoms with Gasteiger partial charge in [-0.25, -0.2) is 0 Å². The molecule has 1 aromatic heterocycles. The van der Waals surface area contributed by atoms with Crippen molar-refractivity contribution in [2.24, 2.45) is 0 Å². The number of hydrogen-bond donors (Lipinski definition) is 2. The molecule has 1 fully saturated rings. The van der Waals surface area contributed by atoms with Crippen LogP contribution in [-0.4, -0.2) is 53.7 Å². The van der Waals surface area contributed by atoms with E-state index in [1.165, 1.54) is 12.6 Å². The molecule has 21 heavy (non-hydrogen) atoms. The third-order valence-electron chi connectivity index (χ3n) is 4.12. The predicted molar refractivity (Wildman–Crippen MR) is 80.8 cm³/mol. The predicted octanol–water partition coefficient (Wildman–Crippen LogP) is 0.639. The van der Waals surface area contributed by atoms with Gasteiger partial charge < -0.3 is 15.3 Å². The molecule has 112 valence electrons. The summed E-state index contributed by atoms with van der Waals surface area (Å²) in [6.45, 7) is 0.438. The SMILES string of the molecule is CN(C)C1(CNC(=O)c2cncc(C#CCO)c2)CCC1. The molecule has 1 aliphatic rings.